The Labute approximate surface area is 105 Å². The highest BCUT2D eigenvalue weighted by Crippen LogP contribution is 2.38. The number of anilines is 1. The van der Waals surface area contributed by atoms with Crippen LogP contribution in [0.5, 0.6) is 0 Å². The fraction of sp³-hybridized carbons (Fsp3) is 0.400. The van der Waals surface area contributed by atoms with Crippen LogP contribution in [0.1, 0.15) is 18.4 Å². The van der Waals surface area contributed by atoms with Crippen molar-refractivity contribution in [2.45, 2.75) is 25.1 Å². The second-order valence-corrected chi connectivity index (χ2v) is 4.52. The van der Waals surface area contributed by atoms with Crippen LogP contribution in [0, 0.1) is 0 Å². The molecule has 1 aliphatic carbocycles. The third-order valence-electron chi connectivity index (χ3n) is 2.73. The van der Waals surface area contributed by atoms with Gasteiger partial charge in [0.1, 0.15) is 11.5 Å². The van der Waals surface area contributed by atoms with Gasteiger partial charge in [0.25, 0.3) is 0 Å². The number of halogens is 4. The molecule has 4 nitrogen and oxygen atoms in total. The Hall–Kier alpha value is -1.50. The number of hydrogen-bond donors (Lipinski definition) is 2. The summed E-state index contributed by atoms with van der Waals surface area (Å²) in [6, 6.07) is 0.176. The van der Waals surface area contributed by atoms with Gasteiger partial charge in [-0.15, -0.1) is 0 Å². The largest absolute Gasteiger partial charge is 0.418 e. The molecular weight excluding hydrogens is 269 g/mol. The maximum atomic E-state index is 12.8. The minimum absolute atomic E-state index is 0.0567. The summed E-state index contributed by atoms with van der Waals surface area (Å²) in [5, 5.41) is 2.80. The van der Waals surface area contributed by atoms with Crippen LogP contribution < -0.4 is 5.32 Å². The summed E-state index contributed by atoms with van der Waals surface area (Å²) in [4.78, 5) is 10.1. The number of H-pyrrole nitrogens is 1. The predicted octanol–water partition coefficient (Wildman–Crippen LogP) is 3.20. The van der Waals surface area contributed by atoms with E-state index in [2.05, 4.69) is 20.3 Å². The average molecular weight is 277 g/mol. The molecule has 0 atom stereocenters. The highest BCUT2D eigenvalue weighted by atomic mass is 35.5. The lowest BCUT2D eigenvalue weighted by atomic mass is 10.2. The van der Waals surface area contributed by atoms with Gasteiger partial charge < -0.3 is 10.3 Å². The predicted molar refractivity (Wildman–Crippen MR) is 60.5 cm³/mol. The normalized spacial score (nSPS) is 16.2. The van der Waals surface area contributed by atoms with Crippen LogP contribution in [0.25, 0.3) is 11.0 Å². The molecule has 8 heteroatoms. The van der Waals surface area contributed by atoms with E-state index in [4.69, 9.17) is 11.6 Å². The second-order valence-electron chi connectivity index (χ2n) is 4.18. The monoisotopic (exact) mass is 276 g/mol. The van der Waals surface area contributed by atoms with Gasteiger partial charge in [0.2, 0.25) is 5.28 Å². The van der Waals surface area contributed by atoms with Gasteiger partial charge in [0.05, 0.1) is 10.9 Å². The van der Waals surface area contributed by atoms with Crippen molar-refractivity contribution in [2.75, 3.05) is 5.32 Å². The minimum atomic E-state index is -4.45. The zero-order chi connectivity index (χ0) is 12.9. The summed E-state index contributed by atoms with van der Waals surface area (Å²) < 4.78 is 38.5. The molecule has 0 spiro atoms. The van der Waals surface area contributed by atoms with Gasteiger partial charge in [-0.1, -0.05) is 0 Å². The second kappa shape index (κ2) is 3.74. The Morgan fingerprint density at radius 2 is 2.06 bits per heavy atom. The lowest BCUT2D eigenvalue weighted by molar-refractivity contribution is -0.136. The van der Waals surface area contributed by atoms with E-state index in [1.807, 2.05) is 0 Å². The van der Waals surface area contributed by atoms with Crippen molar-refractivity contribution in [3.05, 3.63) is 17.0 Å². The molecule has 2 N–H and O–H groups in total. The van der Waals surface area contributed by atoms with Crippen molar-refractivity contribution in [1.82, 2.24) is 15.0 Å². The smallest absolute Gasteiger partial charge is 0.367 e. The van der Waals surface area contributed by atoms with Gasteiger partial charge in [-0.2, -0.15) is 18.2 Å². The van der Waals surface area contributed by atoms with E-state index in [1.165, 1.54) is 0 Å². The molecule has 1 aliphatic rings. The summed E-state index contributed by atoms with van der Waals surface area (Å²) in [5.74, 6) is 0.140. The van der Waals surface area contributed by atoms with Crippen molar-refractivity contribution < 1.29 is 13.2 Å². The fourth-order valence-electron chi connectivity index (χ4n) is 1.75. The molecule has 0 amide bonds. The fourth-order valence-corrected chi connectivity index (χ4v) is 1.92. The SMILES string of the molecule is FC(F)(F)c1c[nH]c2nc(Cl)nc(NC3CC3)c12. The number of fused-ring (bicyclic) bond motifs is 1. The number of nitrogens with one attached hydrogen (secondary N) is 2. The van der Waals surface area contributed by atoms with E-state index in [1.54, 1.807) is 0 Å². The quantitative estimate of drug-likeness (QED) is 0.828. The van der Waals surface area contributed by atoms with Crippen LogP contribution in [0.2, 0.25) is 5.28 Å². The van der Waals surface area contributed by atoms with E-state index in [0.29, 0.717) is 0 Å². The van der Waals surface area contributed by atoms with Gasteiger partial charge in [-0.25, -0.2) is 4.98 Å². The van der Waals surface area contributed by atoms with Crippen LogP contribution in [-0.4, -0.2) is 21.0 Å². The highest BCUT2D eigenvalue weighted by Gasteiger charge is 2.36. The molecule has 0 aliphatic heterocycles. The summed E-state index contributed by atoms with van der Waals surface area (Å²) in [7, 11) is 0. The highest BCUT2D eigenvalue weighted by molar-refractivity contribution is 6.28. The Kier molecular flexibility index (Phi) is 2.41. The van der Waals surface area contributed by atoms with Crippen LogP contribution in [0.15, 0.2) is 6.20 Å². The molecule has 2 aromatic heterocycles. The van der Waals surface area contributed by atoms with Crippen LogP contribution in [0.3, 0.4) is 0 Å². The van der Waals surface area contributed by atoms with Crippen molar-refractivity contribution in [1.29, 1.82) is 0 Å². The molecule has 1 fully saturated rings. The molecule has 0 aromatic carbocycles. The van der Waals surface area contributed by atoms with Crippen molar-refractivity contribution >= 4 is 28.5 Å². The third-order valence-corrected chi connectivity index (χ3v) is 2.90. The molecule has 0 radical (unpaired) electrons. The zero-order valence-corrected chi connectivity index (χ0v) is 9.73. The van der Waals surface area contributed by atoms with Crippen molar-refractivity contribution in [3.8, 4) is 0 Å². The number of nitrogens with zero attached hydrogens (tertiary/aromatic N) is 2. The standard InChI is InChI=1S/C10H8ClF3N4/c11-9-17-7-6(5(3-15-7)10(12,13)14)8(18-9)16-4-1-2-4/h3-4H,1-2H2,(H2,15,16,17,18). The maximum Gasteiger partial charge on any atom is 0.418 e. The number of aromatic nitrogens is 3. The van der Waals surface area contributed by atoms with E-state index in [9.17, 15) is 13.2 Å². The summed E-state index contributed by atoms with van der Waals surface area (Å²) in [6.45, 7) is 0. The van der Waals surface area contributed by atoms with Crippen LogP contribution in [0.4, 0.5) is 19.0 Å². The van der Waals surface area contributed by atoms with Gasteiger partial charge in [0.15, 0.2) is 0 Å². The molecule has 2 aromatic rings. The van der Waals surface area contributed by atoms with E-state index in [0.717, 1.165) is 19.0 Å². The Balaban J connectivity index is 2.20. The lowest BCUT2D eigenvalue weighted by Gasteiger charge is -2.09. The van der Waals surface area contributed by atoms with Gasteiger partial charge in [-0.05, 0) is 24.4 Å². The molecule has 96 valence electrons. The topological polar surface area (TPSA) is 53.6 Å². The molecule has 18 heavy (non-hydrogen) atoms. The first-order chi connectivity index (χ1) is 8.45. The first-order valence-electron chi connectivity index (χ1n) is 5.33. The molecular formula is C10H8ClF3N4. The third kappa shape index (κ3) is 1.98. The van der Waals surface area contributed by atoms with E-state index < -0.39 is 11.7 Å². The summed E-state index contributed by atoms with van der Waals surface area (Å²) in [6.07, 6.45) is -1.72. The van der Waals surface area contributed by atoms with Crippen LogP contribution >= 0.6 is 11.6 Å². The van der Waals surface area contributed by atoms with Gasteiger partial charge in [-0.3, -0.25) is 0 Å². The Morgan fingerprint density at radius 1 is 1.33 bits per heavy atom. The Bertz CT molecular complexity index is 603. The molecule has 0 bridgehead atoms. The molecule has 1 saturated carbocycles. The zero-order valence-electron chi connectivity index (χ0n) is 8.98. The summed E-state index contributed by atoms with van der Waals surface area (Å²) in [5.41, 5.74) is -0.692. The van der Waals surface area contributed by atoms with Crippen molar-refractivity contribution in [2.24, 2.45) is 0 Å². The van der Waals surface area contributed by atoms with E-state index >= 15 is 0 Å². The summed E-state index contributed by atoms with van der Waals surface area (Å²) >= 11 is 5.69. The molecule has 2 heterocycles. The maximum absolute atomic E-state index is 12.8. The first kappa shape index (κ1) is 11.6. The number of hydrogen-bond acceptors (Lipinski definition) is 3. The lowest BCUT2D eigenvalue weighted by Crippen LogP contribution is -2.08. The molecule has 3 rings (SSSR count). The molecule has 0 unspecified atom stereocenters. The molecule has 0 saturated heterocycles. The number of alkyl halides is 3. The van der Waals surface area contributed by atoms with Gasteiger partial charge >= 0.3 is 6.18 Å². The van der Waals surface area contributed by atoms with Crippen molar-refractivity contribution in [3.63, 3.8) is 0 Å². The first-order valence-corrected chi connectivity index (χ1v) is 5.71. The van der Waals surface area contributed by atoms with E-state index in [-0.39, 0.29) is 28.2 Å². The number of rotatable bonds is 2. The number of aromatic amines is 1. The van der Waals surface area contributed by atoms with Gasteiger partial charge in [0, 0.05) is 12.2 Å². The van der Waals surface area contributed by atoms with Crippen LogP contribution in [-0.2, 0) is 6.18 Å². The average Bonchev–Trinajstić information content (AvgIpc) is 2.93. The minimum Gasteiger partial charge on any atom is -0.367 e. The Morgan fingerprint density at radius 3 is 2.67 bits per heavy atom.